The van der Waals surface area contributed by atoms with Crippen LogP contribution in [0.4, 0.5) is 0 Å². The maximum absolute atomic E-state index is 12.4. The highest BCUT2D eigenvalue weighted by Gasteiger charge is 2.15. The SMILES string of the molecule is O=C(NCc1cccc(OC2CCCCC2)c1)c1csc(-c2ncccn2)n1. The van der Waals surface area contributed by atoms with E-state index in [1.54, 1.807) is 23.8 Å². The molecule has 0 aliphatic heterocycles. The van der Waals surface area contributed by atoms with Crippen LogP contribution in [-0.2, 0) is 6.54 Å². The number of aromatic nitrogens is 3. The van der Waals surface area contributed by atoms with Crippen LogP contribution >= 0.6 is 11.3 Å². The van der Waals surface area contributed by atoms with Crippen molar-refractivity contribution >= 4 is 17.2 Å². The first-order valence-corrected chi connectivity index (χ1v) is 10.4. The van der Waals surface area contributed by atoms with Crippen molar-refractivity contribution in [1.82, 2.24) is 20.3 Å². The number of rotatable bonds is 6. The molecule has 3 aromatic rings. The molecule has 0 radical (unpaired) electrons. The Labute approximate surface area is 168 Å². The van der Waals surface area contributed by atoms with Gasteiger partial charge in [0, 0.05) is 24.3 Å². The van der Waals surface area contributed by atoms with Crippen LogP contribution in [-0.4, -0.2) is 27.0 Å². The molecule has 1 N–H and O–H groups in total. The van der Waals surface area contributed by atoms with Gasteiger partial charge in [0.2, 0.25) is 0 Å². The quantitative estimate of drug-likeness (QED) is 0.677. The summed E-state index contributed by atoms with van der Waals surface area (Å²) in [6, 6.07) is 9.67. The smallest absolute Gasteiger partial charge is 0.271 e. The minimum Gasteiger partial charge on any atom is -0.490 e. The molecule has 0 spiro atoms. The molecule has 6 nitrogen and oxygen atoms in total. The van der Waals surface area contributed by atoms with E-state index >= 15 is 0 Å². The molecule has 0 atom stereocenters. The summed E-state index contributed by atoms with van der Waals surface area (Å²) >= 11 is 1.36. The zero-order valence-electron chi connectivity index (χ0n) is 15.5. The van der Waals surface area contributed by atoms with Gasteiger partial charge in [0.25, 0.3) is 5.91 Å². The third-order valence-electron chi connectivity index (χ3n) is 4.70. The van der Waals surface area contributed by atoms with Crippen molar-refractivity contribution < 1.29 is 9.53 Å². The number of nitrogens with zero attached hydrogens (tertiary/aromatic N) is 3. The molecular weight excluding hydrogens is 372 g/mol. The number of amides is 1. The third-order valence-corrected chi connectivity index (χ3v) is 5.54. The lowest BCUT2D eigenvalue weighted by atomic mass is 9.98. The predicted octanol–water partition coefficient (Wildman–Crippen LogP) is 4.24. The number of benzene rings is 1. The Balaban J connectivity index is 1.34. The van der Waals surface area contributed by atoms with E-state index in [4.69, 9.17) is 4.74 Å². The van der Waals surface area contributed by atoms with E-state index < -0.39 is 0 Å². The van der Waals surface area contributed by atoms with Crippen molar-refractivity contribution in [2.75, 3.05) is 0 Å². The van der Waals surface area contributed by atoms with Gasteiger partial charge in [0.1, 0.15) is 11.4 Å². The highest BCUT2D eigenvalue weighted by atomic mass is 32.1. The van der Waals surface area contributed by atoms with Gasteiger partial charge in [-0.15, -0.1) is 11.3 Å². The van der Waals surface area contributed by atoms with Gasteiger partial charge in [-0.05, 0) is 49.4 Å². The van der Waals surface area contributed by atoms with Gasteiger partial charge in [0.15, 0.2) is 10.8 Å². The van der Waals surface area contributed by atoms with Crippen molar-refractivity contribution in [2.45, 2.75) is 44.8 Å². The summed E-state index contributed by atoms with van der Waals surface area (Å²) in [5, 5.41) is 5.28. The number of carbonyl (C=O) groups excluding carboxylic acids is 1. The summed E-state index contributed by atoms with van der Waals surface area (Å²) in [4.78, 5) is 25.1. The van der Waals surface area contributed by atoms with E-state index in [0.29, 0.717) is 29.2 Å². The van der Waals surface area contributed by atoms with Crippen molar-refractivity contribution in [3.63, 3.8) is 0 Å². The number of thiazole rings is 1. The fraction of sp³-hybridized carbons (Fsp3) is 0.333. The van der Waals surface area contributed by atoms with Crippen molar-refractivity contribution in [3.05, 3.63) is 59.4 Å². The first kappa shape index (κ1) is 18.6. The molecule has 1 saturated carbocycles. The van der Waals surface area contributed by atoms with Gasteiger partial charge in [-0.2, -0.15) is 0 Å². The van der Waals surface area contributed by atoms with Crippen LogP contribution in [0.3, 0.4) is 0 Å². The molecule has 1 aliphatic carbocycles. The first-order valence-electron chi connectivity index (χ1n) is 9.54. The second-order valence-corrected chi connectivity index (χ2v) is 7.68. The topological polar surface area (TPSA) is 77.0 Å². The maximum atomic E-state index is 12.4. The van der Waals surface area contributed by atoms with Crippen LogP contribution in [0, 0.1) is 0 Å². The van der Waals surface area contributed by atoms with E-state index in [1.807, 2.05) is 24.3 Å². The van der Waals surface area contributed by atoms with Gasteiger partial charge in [-0.3, -0.25) is 4.79 Å². The molecule has 28 heavy (non-hydrogen) atoms. The largest absolute Gasteiger partial charge is 0.490 e. The van der Waals surface area contributed by atoms with E-state index in [0.717, 1.165) is 24.2 Å². The van der Waals surface area contributed by atoms with Gasteiger partial charge >= 0.3 is 0 Å². The lowest BCUT2D eigenvalue weighted by Crippen LogP contribution is -2.23. The standard InChI is InChI=1S/C21H22N4O2S/c26-20(18-14-28-21(25-18)19-22-10-5-11-23-19)24-13-15-6-4-9-17(12-15)27-16-7-2-1-3-8-16/h4-6,9-12,14,16H,1-3,7-8,13H2,(H,24,26). The molecule has 1 fully saturated rings. The van der Waals surface area contributed by atoms with Crippen LogP contribution < -0.4 is 10.1 Å². The first-order chi connectivity index (χ1) is 13.8. The van der Waals surface area contributed by atoms with Crippen LogP contribution in [0.5, 0.6) is 5.75 Å². The minimum absolute atomic E-state index is 0.211. The predicted molar refractivity (Wildman–Crippen MR) is 108 cm³/mol. The number of nitrogens with one attached hydrogen (secondary N) is 1. The molecule has 2 heterocycles. The average Bonchev–Trinajstić information content (AvgIpc) is 3.24. The summed E-state index contributed by atoms with van der Waals surface area (Å²) in [6.45, 7) is 0.426. The second kappa shape index (κ2) is 8.93. The van der Waals surface area contributed by atoms with Crippen molar-refractivity contribution in [2.24, 2.45) is 0 Å². The zero-order chi connectivity index (χ0) is 19.2. The van der Waals surface area contributed by atoms with Crippen LogP contribution in [0.15, 0.2) is 48.1 Å². The molecule has 4 rings (SSSR count). The van der Waals surface area contributed by atoms with Crippen LogP contribution in [0.1, 0.15) is 48.2 Å². The normalized spacial score (nSPS) is 14.6. The molecule has 1 amide bonds. The van der Waals surface area contributed by atoms with Gasteiger partial charge in [0.05, 0.1) is 6.10 Å². The van der Waals surface area contributed by atoms with Crippen molar-refractivity contribution in [3.8, 4) is 16.6 Å². The molecule has 1 aliphatic rings. The molecule has 7 heteroatoms. The molecule has 2 aromatic heterocycles. The Kier molecular flexibility index (Phi) is 5.92. The second-order valence-electron chi connectivity index (χ2n) is 6.82. The minimum atomic E-state index is -0.211. The lowest BCUT2D eigenvalue weighted by Gasteiger charge is -2.23. The Morgan fingerprint density at radius 1 is 1.14 bits per heavy atom. The monoisotopic (exact) mass is 394 g/mol. The Hall–Kier alpha value is -2.80. The molecule has 0 bridgehead atoms. The number of carbonyl (C=O) groups is 1. The Morgan fingerprint density at radius 2 is 1.96 bits per heavy atom. The third kappa shape index (κ3) is 4.72. The van der Waals surface area contributed by atoms with Crippen molar-refractivity contribution in [1.29, 1.82) is 0 Å². The lowest BCUT2D eigenvalue weighted by molar-refractivity contribution is 0.0946. The van der Waals surface area contributed by atoms with E-state index in [2.05, 4.69) is 20.3 Å². The van der Waals surface area contributed by atoms with Gasteiger partial charge < -0.3 is 10.1 Å². The summed E-state index contributed by atoms with van der Waals surface area (Å²) < 4.78 is 6.10. The van der Waals surface area contributed by atoms with Gasteiger partial charge in [-0.25, -0.2) is 15.0 Å². The molecular formula is C21H22N4O2S. The van der Waals surface area contributed by atoms with E-state index in [9.17, 15) is 4.79 Å². The summed E-state index contributed by atoms with van der Waals surface area (Å²) in [5.74, 6) is 1.19. The fourth-order valence-corrected chi connectivity index (χ4v) is 4.01. The maximum Gasteiger partial charge on any atom is 0.271 e. The number of ether oxygens (including phenoxy) is 1. The average molecular weight is 394 g/mol. The van der Waals surface area contributed by atoms with Gasteiger partial charge in [-0.1, -0.05) is 18.6 Å². The Morgan fingerprint density at radius 3 is 2.79 bits per heavy atom. The van der Waals surface area contributed by atoms with E-state index in [-0.39, 0.29) is 5.91 Å². The highest BCUT2D eigenvalue weighted by molar-refractivity contribution is 7.13. The van der Waals surface area contributed by atoms with E-state index in [1.165, 1.54) is 30.6 Å². The highest BCUT2D eigenvalue weighted by Crippen LogP contribution is 2.24. The molecule has 0 unspecified atom stereocenters. The molecule has 0 saturated heterocycles. The summed E-state index contributed by atoms with van der Waals surface area (Å²) in [5.41, 5.74) is 1.38. The van der Waals surface area contributed by atoms with Crippen LogP contribution in [0.25, 0.3) is 10.8 Å². The summed E-state index contributed by atoms with van der Waals surface area (Å²) in [6.07, 6.45) is 9.66. The number of hydrogen-bond donors (Lipinski definition) is 1. The number of hydrogen-bond acceptors (Lipinski definition) is 6. The zero-order valence-corrected chi connectivity index (χ0v) is 16.3. The Bertz CT molecular complexity index is 923. The molecule has 144 valence electrons. The van der Waals surface area contributed by atoms with Crippen LogP contribution in [0.2, 0.25) is 0 Å². The fourth-order valence-electron chi connectivity index (χ4n) is 3.27. The summed E-state index contributed by atoms with van der Waals surface area (Å²) in [7, 11) is 0. The molecule has 1 aromatic carbocycles.